The van der Waals surface area contributed by atoms with Crippen molar-refractivity contribution < 1.29 is 9.59 Å². The first-order valence-electron chi connectivity index (χ1n) is 4.39. The molecule has 0 saturated heterocycles. The average molecular weight is 187 g/mol. The lowest BCUT2D eigenvalue weighted by Crippen LogP contribution is -2.41. The van der Waals surface area contributed by atoms with Gasteiger partial charge in [-0.3, -0.25) is 9.59 Å². The summed E-state index contributed by atoms with van der Waals surface area (Å²) in [6.45, 7) is 2.22. The summed E-state index contributed by atoms with van der Waals surface area (Å²) in [6.07, 6.45) is 1.68. The lowest BCUT2D eigenvalue weighted by atomic mass is 10.2. The molecule has 0 aliphatic carbocycles. The minimum atomic E-state index is -0.474. The molecule has 0 fully saturated rings. The summed E-state index contributed by atoms with van der Waals surface area (Å²) in [5, 5.41) is 2.53. The number of carbonyl (C=O) groups is 2. The topological polar surface area (TPSA) is 98.2 Å². The van der Waals surface area contributed by atoms with Crippen LogP contribution in [0, 0.1) is 0 Å². The molecule has 5 N–H and O–H groups in total. The Morgan fingerprint density at radius 2 is 2.08 bits per heavy atom. The van der Waals surface area contributed by atoms with Crippen molar-refractivity contribution in [3.05, 3.63) is 0 Å². The third-order valence-corrected chi connectivity index (χ3v) is 1.61. The van der Waals surface area contributed by atoms with Crippen LogP contribution in [0.5, 0.6) is 0 Å². The molecular formula is C8H17N3O2. The van der Waals surface area contributed by atoms with Crippen LogP contribution in [0.3, 0.4) is 0 Å². The van der Waals surface area contributed by atoms with Crippen molar-refractivity contribution >= 4 is 11.8 Å². The van der Waals surface area contributed by atoms with E-state index in [0.717, 1.165) is 6.42 Å². The van der Waals surface area contributed by atoms with E-state index in [1.807, 2.05) is 6.92 Å². The van der Waals surface area contributed by atoms with E-state index in [1.165, 1.54) is 0 Å². The second-order valence-corrected chi connectivity index (χ2v) is 2.90. The van der Waals surface area contributed by atoms with E-state index in [4.69, 9.17) is 11.5 Å². The molecule has 0 radical (unpaired) electrons. The highest BCUT2D eigenvalue weighted by Gasteiger charge is 2.10. The summed E-state index contributed by atoms with van der Waals surface area (Å²) >= 11 is 0. The normalized spacial score (nSPS) is 12.2. The number of amides is 2. The molecule has 0 rings (SSSR count). The summed E-state index contributed by atoms with van der Waals surface area (Å²) in [6, 6.07) is -0.474. The van der Waals surface area contributed by atoms with Crippen LogP contribution in [0.25, 0.3) is 0 Å². The van der Waals surface area contributed by atoms with Gasteiger partial charge in [-0.2, -0.15) is 0 Å². The van der Waals surface area contributed by atoms with Crippen molar-refractivity contribution in [2.75, 3.05) is 6.54 Å². The van der Waals surface area contributed by atoms with Crippen LogP contribution in [0.4, 0.5) is 0 Å². The summed E-state index contributed by atoms with van der Waals surface area (Å²) < 4.78 is 0. The second kappa shape index (κ2) is 6.42. The fraction of sp³-hybridized carbons (Fsp3) is 0.750. The van der Waals surface area contributed by atoms with Crippen LogP contribution in [0.15, 0.2) is 0 Å². The van der Waals surface area contributed by atoms with Gasteiger partial charge < -0.3 is 16.8 Å². The van der Waals surface area contributed by atoms with Crippen molar-refractivity contribution in [3.8, 4) is 0 Å². The van der Waals surface area contributed by atoms with Crippen molar-refractivity contribution in [1.82, 2.24) is 5.32 Å². The van der Waals surface area contributed by atoms with Gasteiger partial charge in [-0.05, 0) is 6.42 Å². The Kier molecular flexibility index (Phi) is 5.88. The Bertz CT molecular complexity index is 182. The van der Waals surface area contributed by atoms with Gasteiger partial charge in [0.15, 0.2) is 0 Å². The number of primary amides is 1. The Morgan fingerprint density at radius 1 is 1.46 bits per heavy atom. The van der Waals surface area contributed by atoms with Gasteiger partial charge in [-0.1, -0.05) is 13.3 Å². The molecule has 1 atom stereocenters. The predicted molar refractivity (Wildman–Crippen MR) is 49.7 cm³/mol. The van der Waals surface area contributed by atoms with Crippen LogP contribution in [0.1, 0.15) is 26.2 Å². The standard InChI is InChI=1S/C8H17N3O2/c1-2-3-6(9)8(13)11-5-4-7(10)12/h6H,2-5,9H2,1H3,(H2,10,12)(H,11,13)/t6-/m0/s1. The summed E-state index contributed by atoms with van der Waals surface area (Å²) in [7, 11) is 0. The number of nitrogens with one attached hydrogen (secondary N) is 1. The van der Waals surface area contributed by atoms with Crippen LogP contribution < -0.4 is 16.8 Å². The molecule has 0 spiro atoms. The molecule has 0 unspecified atom stereocenters. The predicted octanol–water partition coefficient (Wildman–Crippen LogP) is -0.895. The highest BCUT2D eigenvalue weighted by Crippen LogP contribution is 1.92. The maximum absolute atomic E-state index is 11.1. The third-order valence-electron chi connectivity index (χ3n) is 1.61. The second-order valence-electron chi connectivity index (χ2n) is 2.90. The van der Waals surface area contributed by atoms with Gasteiger partial charge >= 0.3 is 0 Å². The lowest BCUT2D eigenvalue weighted by molar-refractivity contribution is -0.122. The number of rotatable bonds is 6. The van der Waals surface area contributed by atoms with E-state index < -0.39 is 11.9 Å². The van der Waals surface area contributed by atoms with Gasteiger partial charge in [-0.25, -0.2) is 0 Å². The minimum absolute atomic E-state index is 0.157. The molecule has 0 heterocycles. The molecule has 5 nitrogen and oxygen atoms in total. The largest absolute Gasteiger partial charge is 0.370 e. The zero-order chi connectivity index (χ0) is 10.3. The monoisotopic (exact) mass is 187 g/mol. The molecular weight excluding hydrogens is 170 g/mol. The van der Waals surface area contributed by atoms with Gasteiger partial charge in [0.1, 0.15) is 0 Å². The molecule has 0 saturated carbocycles. The Hall–Kier alpha value is -1.10. The number of carbonyl (C=O) groups excluding carboxylic acids is 2. The molecule has 13 heavy (non-hydrogen) atoms. The van der Waals surface area contributed by atoms with Crippen LogP contribution >= 0.6 is 0 Å². The first-order valence-corrected chi connectivity index (χ1v) is 4.39. The molecule has 76 valence electrons. The van der Waals surface area contributed by atoms with Crippen LogP contribution in [-0.4, -0.2) is 24.4 Å². The van der Waals surface area contributed by atoms with Gasteiger partial charge in [0, 0.05) is 13.0 Å². The summed E-state index contributed by atoms with van der Waals surface area (Å²) in [4.78, 5) is 21.4. The van der Waals surface area contributed by atoms with E-state index in [0.29, 0.717) is 6.42 Å². The number of hydrogen-bond donors (Lipinski definition) is 3. The smallest absolute Gasteiger partial charge is 0.236 e. The van der Waals surface area contributed by atoms with E-state index in [2.05, 4.69) is 5.32 Å². The molecule has 0 aliphatic heterocycles. The number of nitrogens with two attached hydrogens (primary N) is 2. The quantitative estimate of drug-likeness (QED) is 0.503. The van der Waals surface area contributed by atoms with E-state index >= 15 is 0 Å². The zero-order valence-electron chi connectivity index (χ0n) is 7.88. The minimum Gasteiger partial charge on any atom is -0.370 e. The Balaban J connectivity index is 3.55. The molecule has 0 aromatic rings. The molecule has 5 heteroatoms. The van der Waals surface area contributed by atoms with E-state index in [9.17, 15) is 9.59 Å². The van der Waals surface area contributed by atoms with Crippen molar-refractivity contribution in [1.29, 1.82) is 0 Å². The fourth-order valence-corrected chi connectivity index (χ4v) is 0.882. The fourth-order valence-electron chi connectivity index (χ4n) is 0.882. The van der Waals surface area contributed by atoms with Crippen LogP contribution in [0.2, 0.25) is 0 Å². The Morgan fingerprint density at radius 3 is 2.54 bits per heavy atom. The highest BCUT2D eigenvalue weighted by atomic mass is 16.2. The average Bonchev–Trinajstić information content (AvgIpc) is 2.04. The first-order chi connectivity index (χ1) is 6.07. The molecule has 0 aromatic heterocycles. The van der Waals surface area contributed by atoms with E-state index in [1.54, 1.807) is 0 Å². The van der Waals surface area contributed by atoms with Crippen molar-refractivity contribution in [2.45, 2.75) is 32.2 Å². The third kappa shape index (κ3) is 6.10. The number of hydrogen-bond acceptors (Lipinski definition) is 3. The first kappa shape index (κ1) is 11.9. The van der Waals surface area contributed by atoms with Gasteiger partial charge in [0.25, 0.3) is 0 Å². The lowest BCUT2D eigenvalue weighted by Gasteiger charge is -2.09. The zero-order valence-corrected chi connectivity index (χ0v) is 7.88. The van der Waals surface area contributed by atoms with Gasteiger partial charge in [0.2, 0.25) is 11.8 Å². The molecule has 0 aromatic carbocycles. The molecule has 0 aliphatic rings. The van der Waals surface area contributed by atoms with Gasteiger partial charge in [-0.15, -0.1) is 0 Å². The maximum atomic E-state index is 11.1. The molecule has 2 amide bonds. The van der Waals surface area contributed by atoms with Gasteiger partial charge in [0.05, 0.1) is 6.04 Å². The molecule has 0 bridgehead atoms. The maximum Gasteiger partial charge on any atom is 0.236 e. The SMILES string of the molecule is CCC[C@H](N)C(=O)NCCC(N)=O. The van der Waals surface area contributed by atoms with Crippen molar-refractivity contribution in [2.24, 2.45) is 11.5 Å². The van der Waals surface area contributed by atoms with E-state index in [-0.39, 0.29) is 18.9 Å². The summed E-state index contributed by atoms with van der Waals surface area (Å²) in [5.74, 6) is -0.646. The summed E-state index contributed by atoms with van der Waals surface area (Å²) in [5.41, 5.74) is 10.4. The van der Waals surface area contributed by atoms with Crippen LogP contribution in [-0.2, 0) is 9.59 Å². The Labute approximate surface area is 77.8 Å². The van der Waals surface area contributed by atoms with Crippen molar-refractivity contribution in [3.63, 3.8) is 0 Å². The highest BCUT2D eigenvalue weighted by molar-refractivity contribution is 5.82.